The summed E-state index contributed by atoms with van der Waals surface area (Å²) in [4.78, 5) is 0. The monoisotopic (exact) mass is 197 g/mol. The van der Waals surface area contributed by atoms with Gasteiger partial charge in [0, 0.05) is 12.5 Å². The molecule has 2 nitrogen and oxygen atoms in total. The molecule has 0 unspecified atom stereocenters. The molecule has 0 aromatic carbocycles. The van der Waals surface area contributed by atoms with Crippen LogP contribution in [0.2, 0.25) is 0 Å². The number of ether oxygens (including phenoxy) is 1. The molecule has 2 heteroatoms. The van der Waals surface area contributed by atoms with Gasteiger partial charge in [-0.3, -0.25) is 0 Å². The van der Waals surface area contributed by atoms with Crippen LogP contribution in [0.25, 0.3) is 0 Å². The van der Waals surface area contributed by atoms with Gasteiger partial charge in [-0.1, -0.05) is 6.92 Å². The summed E-state index contributed by atoms with van der Waals surface area (Å²) in [7, 11) is 0. The van der Waals surface area contributed by atoms with Gasteiger partial charge in [0.1, 0.15) is 0 Å². The first kappa shape index (κ1) is 10.4. The fourth-order valence-electron chi connectivity index (χ4n) is 2.53. The number of nitrogens with one attached hydrogen (secondary N) is 1. The molecule has 0 radical (unpaired) electrons. The lowest BCUT2D eigenvalue weighted by Crippen LogP contribution is -2.37. The summed E-state index contributed by atoms with van der Waals surface area (Å²) in [5, 5.41) is 3.52. The zero-order valence-electron chi connectivity index (χ0n) is 9.30. The van der Waals surface area contributed by atoms with E-state index in [1.54, 1.807) is 0 Å². The van der Waals surface area contributed by atoms with E-state index in [0.717, 1.165) is 31.0 Å². The van der Waals surface area contributed by atoms with E-state index in [-0.39, 0.29) is 0 Å². The Labute approximate surface area is 87.4 Å². The average Bonchev–Trinajstić information content (AvgIpc) is 2.04. The standard InChI is InChI=1S/C12H23NO/c1-10-5-11(6-10)3-2-4-13-7-12-8-14-9-12/h10-13H,2-9H2,1H3. The minimum Gasteiger partial charge on any atom is -0.381 e. The van der Waals surface area contributed by atoms with Crippen LogP contribution in [0.3, 0.4) is 0 Å². The van der Waals surface area contributed by atoms with Crippen molar-refractivity contribution >= 4 is 0 Å². The molecule has 0 atom stereocenters. The van der Waals surface area contributed by atoms with Crippen LogP contribution in [0.5, 0.6) is 0 Å². The van der Waals surface area contributed by atoms with Crippen LogP contribution in [-0.4, -0.2) is 26.3 Å². The highest BCUT2D eigenvalue weighted by atomic mass is 16.5. The van der Waals surface area contributed by atoms with Crippen molar-refractivity contribution in [2.45, 2.75) is 32.6 Å². The minimum absolute atomic E-state index is 0.804. The van der Waals surface area contributed by atoms with Gasteiger partial charge in [-0.25, -0.2) is 0 Å². The molecule has 1 saturated heterocycles. The molecule has 2 fully saturated rings. The Morgan fingerprint density at radius 3 is 2.57 bits per heavy atom. The van der Waals surface area contributed by atoms with E-state index in [1.165, 1.54) is 38.8 Å². The Balaban J connectivity index is 1.36. The van der Waals surface area contributed by atoms with Crippen molar-refractivity contribution in [3.63, 3.8) is 0 Å². The number of hydrogen-bond acceptors (Lipinski definition) is 2. The molecule has 1 aliphatic carbocycles. The third-order valence-electron chi connectivity index (χ3n) is 3.58. The Morgan fingerprint density at radius 2 is 2.00 bits per heavy atom. The Morgan fingerprint density at radius 1 is 1.21 bits per heavy atom. The topological polar surface area (TPSA) is 21.3 Å². The van der Waals surface area contributed by atoms with Crippen LogP contribution in [0.15, 0.2) is 0 Å². The van der Waals surface area contributed by atoms with Gasteiger partial charge < -0.3 is 10.1 Å². The van der Waals surface area contributed by atoms with Gasteiger partial charge in [0.05, 0.1) is 13.2 Å². The van der Waals surface area contributed by atoms with Crippen LogP contribution in [0, 0.1) is 17.8 Å². The van der Waals surface area contributed by atoms with E-state index in [1.807, 2.05) is 0 Å². The van der Waals surface area contributed by atoms with Crippen LogP contribution in [0.1, 0.15) is 32.6 Å². The molecule has 2 rings (SSSR count). The van der Waals surface area contributed by atoms with E-state index < -0.39 is 0 Å². The molecule has 14 heavy (non-hydrogen) atoms. The van der Waals surface area contributed by atoms with Crippen LogP contribution < -0.4 is 5.32 Å². The zero-order chi connectivity index (χ0) is 9.80. The lowest BCUT2D eigenvalue weighted by Gasteiger charge is -2.32. The van der Waals surface area contributed by atoms with Gasteiger partial charge >= 0.3 is 0 Å². The van der Waals surface area contributed by atoms with Gasteiger partial charge in [-0.15, -0.1) is 0 Å². The molecule has 0 aromatic rings. The summed E-state index contributed by atoms with van der Waals surface area (Å²) in [6.07, 6.45) is 5.77. The molecule has 1 saturated carbocycles. The van der Waals surface area contributed by atoms with Gasteiger partial charge in [0.15, 0.2) is 0 Å². The number of rotatable bonds is 6. The number of hydrogen-bond donors (Lipinski definition) is 1. The van der Waals surface area contributed by atoms with E-state index in [4.69, 9.17) is 4.74 Å². The van der Waals surface area contributed by atoms with Crippen molar-refractivity contribution in [2.24, 2.45) is 17.8 Å². The van der Waals surface area contributed by atoms with Crippen molar-refractivity contribution in [1.29, 1.82) is 0 Å². The molecule has 0 bridgehead atoms. The highest BCUT2D eigenvalue weighted by Gasteiger charge is 2.24. The van der Waals surface area contributed by atoms with Crippen molar-refractivity contribution in [3.05, 3.63) is 0 Å². The Kier molecular flexibility index (Phi) is 3.82. The molecule has 82 valence electrons. The normalized spacial score (nSPS) is 32.4. The molecule has 2 aliphatic rings. The smallest absolute Gasteiger partial charge is 0.0528 e. The van der Waals surface area contributed by atoms with E-state index in [0.29, 0.717) is 0 Å². The Hall–Kier alpha value is -0.0800. The molecular formula is C12H23NO. The largest absolute Gasteiger partial charge is 0.381 e. The van der Waals surface area contributed by atoms with Crippen molar-refractivity contribution in [3.8, 4) is 0 Å². The fraction of sp³-hybridized carbons (Fsp3) is 1.00. The maximum Gasteiger partial charge on any atom is 0.0528 e. The molecule has 0 aromatic heterocycles. The van der Waals surface area contributed by atoms with Gasteiger partial charge in [-0.05, 0) is 44.1 Å². The molecule has 1 heterocycles. The predicted octanol–water partition coefficient (Wildman–Crippen LogP) is 2.05. The lowest BCUT2D eigenvalue weighted by atomic mass is 9.74. The fourth-order valence-corrected chi connectivity index (χ4v) is 2.53. The van der Waals surface area contributed by atoms with E-state index in [2.05, 4.69) is 12.2 Å². The summed E-state index contributed by atoms with van der Waals surface area (Å²) in [6.45, 7) is 6.70. The first-order valence-electron chi connectivity index (χ1n) is 6.13. The van der Waals surface area contributed by atoms with Gasteiger partial charge in [0.2, 0.25) is 0 Å². The first-order chi connectivity index (χ1) is 6.84. The zero-order valence-corrected chi connectivity index (χ0v) is 9.30. The predicted molar refractivity (Wildman–Crippen MR) is 58.3 cm³/mol. The van der Waals surface area contributed by atoms with Crippen LogP contribution >= 0.6 is 0 Å². The summed E-state index contributed by atoms with van der Waals surface area (Å²) >= 11 is 0. The van der Waals surface area contributed by atoms with Crippen LogP contribution in [0.4, 0.5) is 0 Å². The molecule has 0 amide bonds. The highest BCUT2D eigenvalue weighted by molar-refractivity contribution is 4.76. The maximum absolute atomic E-state index is 5.13. The quantitative estimate of drug-likeness (QED) is 0.658. The lowest BCUT2D eigenvalue weighted by molar-refractivity contribution is -0.0306. The van der Waals surface area contributed by atoms with Crippen LogP contribution in [-0.2, 0) is 4.74 Å². The highest BCUT2D eigenvalue weighted by Crippen LogP contribution is 2.35. The summed E-state index contributed by atoms with van der Waals surface area (Å²) in [5.41, 5.74) is 0. The van der Waals surface area contributed by atoms with Crippen molar-refractivity contribution in [2.75, 3.05) is 26.3 Å². The van der Waals surface area contributed by atoms with E-state index >= 15 is 0 Å². The molecule has 1 N–H and O–H groups in total. The summed E-state index contributed by atoms with van der Waals surface area (Å²) in [6, 6.07) is 0. The van der Waals surface area contributed by atoms with Crippen molar-refractivity contribution < 1.29 is 4.74 Å². The summed E-state index contributed by atoms with van der Waals surface area (Å²) < 4.78 is 5.13. The molecule has 1 aliphatic heterocycles. The maximum atomic E-state index is 5.13. The first-order valence-corrected chi connectivity index (χ1v) is 6.13. The second-order valence-corrected chi connectivity index (χ2v) is 5.19. The second kappa shape index (κ2) is 5.13. The third-order valence-corrected chi connectivity index (χ3v) is 3.58. The third kappa shape index (κ3) is 2.96. The molecule has 0 spiro atoms. The average molecular weight is 197 g/mol. The summed E-state index contributed by atoms with van der Waals surface area (Å²) in [5.74, 6) is 2.87. The van der Waals surface area contributed by atoms with Crippen molar-refractivity contribution in [1.82, 2.24) is 5.32 Å². The molecular weight excluding hydrogens is 174 g/mol. The second-order valence-electron chi connectivity index (χ2n) is 5.19. The SMILES string of the molecule is CC1CC(CCCNCC2COC2)C1. The van der Waals surface area contributed by atoms with Gasteiger partial charge in [0.25, 0.3) is 0 Å². The Bertz CT molecular complexity index is 162. The minimum atomic E-state index is 0.804. The van der Waals surface area contributed by atoms with Gasteiger partial charge in [-0.2, -0.15) is 0 Å². The van der Waals surface area contributed by atoms with E-state index in [9.17, 15) is 0 Å².